The van der Waals surface area contributed by atoms with Gasteiger partial charge in [-0.15, -0.1) is 16.4 Å². The quantitative estimate of drug-likeness (QED) is 0.446. The molecule has 1 unspecified atom stereocenters. The van der Waals surface area contributed by atoms with E-state index in [9.17, 15) is 0 Å². The predicted molar refractivity (Wildman–Crippen MR) is 106 cm³/mol. The van der Waals surface area contributed by atoms with Crippen LogP contribution >= 0.6 is 11.3 Å². The van der Waals surface area contributed by atoms with Crippen LogP contribution in [-0.2, 0) is 4.74 Å². The molecule has 3 heterocycles. The number of hydrogen-bond acceptors (Lipinski definition) is 7. The number of aromatic nitrogens is 5. The van der Waals surface area contributed by atoms with Gasteiger partial charge in [0.25, 0.3) is 0 Å². The zero-order chi connectivity index (χ0) is 19.3. The van der Waals surface area contributed by atoms with Crippen LogP contribution in [0.15, 0.2) is 60.5 Å². The van der Waals surface area contributed by atoms with E-state index in [4.69, 9.17) is 9.47 Å². The number of aryl methyl sites for hydroxylation is 1. The molecule has 0 saturated heterocycles. The van der Waals surface area contributed by atoms with E-state index in [1.807, 2.05) is 47.6 Å². The van der Waals surface area contributed by atoms with Crippen LogP contribution < -0.4 is 4.74 Å². The summed E-state index contributed by atoms with van der Waals surface area (Å²) in [6.07, 6.45) is 5.30. The molecule has 0 aliphatic rings. The topological polar surface area (TPSA) is 75.0 Å². The first kappa shape index (κ1) is 18.3. The van der Waals surface area contributed by atoms with Gasteiger partial charge in [0.15, 0.2) is 6.79 Å². The highest BCUT2D eigenvalue weighted by atomic mass is 32.1. The molecule has 0 aliphatic carbocycles. The van der Waals surface area contributed by atoms with E-state index in [1.54, 1.807) is 30.8 Å². The molecule has 0 saturated carbocycles. The lowest BCUT2D eigenvalue weighted by molar-refractivity contribution is 0.0509. The number of rotatable bonds is 7. The highest BCUT2D eigenvalue weighted by Crippen LogP contribution is 2.32. The Morgan fingerprint density at radius 3 is 2.79 bits per heavy atom. The van der Waals surface area contributed by atoms with Gasteiger partial charge in [0.2, 0.25) is 0 Å². The molecule has 1 aromatic carbocycles. The summed E-state index contributed by atoms with van der Waals surface area (Å²) in [4.78, 5) is 9.77. The SMILES string of the molecule is COCOc1cncc(-c2cn(C(c3ccccc3)c3scnc3C)nn2)c1. The van der Waals surface area contributed by atoms with Crippen LogP contribution in [-0.4, -0.2) is 38.9 Å². The van der Waals surface area contributed by atoms with E-state index in [-0.39, 0.29) is 12.8 Å². The molecule has 0 fully saturated rings. The van der Waals surface area contributed by atoms with Gasteiger partial charge in [0.05, 0.1) is 28.5 Å². The molecule has 0 aliphatic heterocycles. The molecule has 4 rings (SSSR count). The van der Waals surface area contributed by atoms with Crippen LogP contribution in [0.1, 0.15) is 22.2 Å². The average Bonchev–Trinajstić information content (AvgIpc) is 3.38. The van der Waals surface area contributed by atoms with E-state index in [1.165, 1.54) is 0 Å². The lowest BCUT2D eigenvalue weighted by Gasteiger charge is -2.16. The Labute approximate surface area is 166 Å². The standard InChI is InChI=1S/C20H19N5O2S/c1-14-20(28-12-22-14)19(15-6-4-3-5-7-15)25-11-18(23-24-25)16-8-17(10-21-9-16)27-13-26-2/h3-12,19H,13H2,1-2H3. The fraction of sp³-hybridized carbons (Fsp3) is 0.200. The zero-order valence-electron chi connectivity index (χ0n) is 15.5. The summed E-state index contributed by atoms with van der Waals surface area (Å²) in [6.45, 7) is 2.18. The fourth-order valence-electron chi connectivity index (χ4n) is 2.93. The van der Waals surface area contributed by atoms with Gasteiger partial charge in [0.1, 0.15) is 17.5 Å². The van der Waals surface area contributed by atoms with Crippen LogP contribution in [0.4, 0.5) is 0 Å². The summed E-state index contributed by atoms with van der Waals surface area (Å²) in [7, 11) is 1.58. The van der Waals surface area contributed by atoms with Crippen molar-refractivity contribution < 1.29 is 9.47 Å². The Morgan fingerprint density at radius 1 is 1.18 bits per heavy atom. The van der Waals surface area contributed by atoms with Crippen molar-refractivity contribution in [1.29, 1.82) is 0 Å². The molecule has 1 atom stereocenters. The van der Waals surface area contributed by atoms with E-state index in [0.717, 1.165) is 27.4 Å². The summed E-state index contributed by atoms with van der Waals surface area (Å²) in [5, 5.41) is 8.77. The highest BCUT2D eigenvalue weighted by molar-refractivity contribution is 7.09. The Morgan fingerprint density at radius 2 is 2.04 bits per heavy atom. The largest absolute Gasteiger partial charge is 0.466 e. The smallest absolute Gasteiger partial charge is 0.188 e. The molecule has 28 heavy (non-hydrogen) atoms. The normalized spacial score (nSPS) is 12.1. The van der Waals surface area contributed by atoms with Crippen molar-refractivity contribution in [2.75, 3.05) is 13.9 Å². The first-order valence-corrected chi connectivity index (χ1v) is 9.58. The molecular weight excluding hydrogens is 374 g/mol. The predicted octanol–water partition coefficient (Wildman–Crippen LogP) is 3.73. The van der Waals surface area contributed by atoms with Crippen molar-refractivity contribution in [1.82, 2.24) is 25.0 Å². The summed E-state index contributed by atoms with van der Waals surface area (Å²) >= 11 is 1.62. The minimum absolute atomic E-state index is 0.0872. The average molecular weight is 393 g/mol. The van der Waals surface area contributed by atoms with Gasteiger partial charge in [-0.2, -0.15) is 0 Å². The van der Waals surface area contributed by atoms with E-state index < -0.39 is 0 Å². The zero-order valence-corrected chi connectivity index (χ0v) is 16.3. The molecule has 0 amide bonds. The van der Waals surface area contributed by atoms with Crippen molar-refractivity contribution in [2.45, 2.75) is 13.0 Å². The highest BCUT2D eigenvalue weighted by Gasteiger charge is 2.22. The maximum Gasteiger partial charge on any atom is 0.188 e. The lowest BCUT2D eigenvalue weighted by atomic mass is 10.0. The van der Waals surface area contributed by atoms with Crippen LogP contribution in [0.2, 0.25) is 0 Å². The van der Waals surface area contributed by atoms with Crippen molar-refractivity contribution >= 4 is 11.3 Å². The number of pyridine rings is 1. The van der Waals surface area contributed by atoms with E-state index in [2.05, 4.69) is 32.4 Å². The summed E-state index contributed by atoms with van der Waals surface area (Å²) < 4.78 is 12.3. The molecule has 0 spiro atoms. The first-order valence-electron chi connectivity index (χ1n) is 8.70. The monoisotopic (exact) mass is 393 g/mol. The molecule has 3 aromatic heterocycles. The van der Waals surface area contributed by atoms with Gasteiger partial charge < -0.3 is 9.47 Å². The van der Waals surface area contributed by atoms with Gasteiger partial charge in [-0.25, -0.2) is 9.67 Å². The third kappa shape index (κ3) is 3.78. The van der Waals surface area contributed by atoms with Crippen molar-refractivity contribution in [3.63, 3.8) is 0 Å². The van der Waals surface area contributed by atoms with Crippen molar-refractivity contribution in [3.8, 4) is 17.0 Å². The van der Waals surface area contributed by atoms with Crippen molar-refractivity contribution in [2.24, 2.45) is 0 Å². The molecule has 7 nitrogen and oxygen atoms in total. The molecule has 8 heteroatoms. The second-order valence-corrected chi connectivity index (χ2v) is 7.05. The van der Waals surface area contributed by atoms with Crippen LogP contribution in [0, 0.1) is 6.92 Å². The molecular formula is C20H19N5O2S. The number of ether oxygens (including phenoxy) is 2. The fourth-order valence-corrected chi connectivity index (χ4v) is 3.85. The number of thiazole rings is 1. The van der Waals surface area contributed by atoms with E-state index >= 15 is 0 Å². The van der Waals surface area contributed by atoms with Crippen LogP contribution in [0.25, 0.3) is 11.3 Å². The minimum atomic E-state index is -0.0872. The van der Waals surface area contributed by atoms with Gasteiger partial charge >= 0.3 is 0 Å². The minimum Gasteiger partial charge on any atom is -0.466 e. The molecule has 0 radical (unpaired) electrons. The van der Waals surface area contributed by atoms with Crippen LogP contribution in [0.5, 0.6) is 5.75 Å². The molecule has 0 bridgehead atoms. The van der Waals surface area contributed by atoms with Crippen molar-refractivity contribution in [3.05, 3.63) is 76.6 Å². The number of nitrogens with zero attached hydrogens (tertiary/aromatic N) is 5. The number of hydrogen-bond donors (Lipinski definition) is 0. The molecule has 4 aromatic rings. The third-order valence-corrected chi connectivity index (χ3v) is 5.26. The Bertz CT molecular complexity index is 1050. The summed E-state index contributed by atoms with van der Waals surface area (Å²) in [6, 6.07) is 12.0. The second-order valence-electron chi connectivity index (χ2n) is 6.16. The van der Waals surface area contributed by atoms with Gasteiger partial charge in [0, 0.05) is 18.9 Å². The first-order chi connectivity index (χ1) is 13.8. The second kappa shape index (κ2) is 8.28. The summed E-state index contributed by atoms with van der Waals surface area (Å²) in [5.41, 5.74) is 5.53. The Balaban J connectivity index is 1.71. The Kier molecular flexibility index (Phi) is 5.41. The third-order valence-electron chi connectivity index (χ3n) is 4.27. The maximum atomic E-state index is 5.47. The maximum absolute atomic E-state index is 5.47. The number of benzene rings is 1. The Hall–Kier alpha value is -3.10. The van der Waals surface area contributed by atoms with Crippen LogP contribution in [0.3, 0.4) is 0 Å². The number of methoxy groups -OCH3 is 1. The molecule has 142 valence electrons. The summed E-state index contributed by atoms with van der Waals surface area (Å²) in [5.74, 6) is 0.617. The molecule has 0 N–H and O–H groups in total. The lowest BCUT2D eigenvalue weighted by Crippen LogP contribution is -2.13. The van der Waals surface area contributed by atoms with Gasteiger partial charge in [-0.05, 0) is 18.6 Å². The van der Waals surface area contributed by atoms with Gasteiger partial charge in [-0.1, -0.05) is 35.5 Å². The van der Waals surface area contributed by atoms with Gasteiger partial charge in [-0.3, -0.25) is 4.98 Å². The van der Waals surface area contributed by atoms with E-state index in [0.29, 0.717) is 5.75 Å².